The Morgan fingerprint density at radius 2 is 2.17 bits per heavy atom. The number of thioether (sulfide) groups is 1. The van der Waals surface area contributed by atoms with Crippen molar-refractivity contribution < 1.29 is 9.90 Å². The number of anilines is 1. The molecule has 0 spiro atoms. The summed E-state index contributed by atoms with van der Waals surface area (Å²) in [5.74, 6) is 0.895. The standard InChI is InChI=1S/C16H16N4O2S/c1-23-16-18-15-17-10-6-4-8-12(22)13(10)14(20(15)19-16)9-5-2-3-7-11(9)21/h2-3,5,7,14,21H,4,6,8H2,1H3,(H,17,18,19). The number of hydrogen-bond donors (Lipinski definition) is 2. The van der Waals surface area contributed by atoms with Gasteiger partial charge in [0, 0.05) is 23.3 Å². The number of fused-ring (bicyclic) bond motifs is 1. The van der Waals surface area contributed by atoms with Gasteiger partial charge >= 0.3 is 0 Å². The van der Waals surface area contributed by atoms with E-state index in [1.54, 1.807) is 16.8 Å². The van der Waals surface area contributed by atoms with Crippen LogP contribution in [-0.2, 0) is 4.79 Å². The Kier molecular flexibility index (Phi) is 3.37. The number of aromatic hydroxyl groups is 1. The number of carbonyl (C=O) groups is 1. The van der Waals surface area contributed by atoms with Gasteiger partial charge in [-0.05, 0) is 25.2 Å². The monoisotopic (exact) mass is 328 g/mol. The van der Waals surface area contributed by atoms with Gasteiger partial charge in [-0.3, -0.25) is 4.79 Å². The maximum Gasteiger partial charge on any atom is 0.227 e. The van der Waals surface area contributed by atoms with Crippen molar-refractivity contribution in [1.29, 1.82) is 0 Å². The number of benzene rings is 1. The predicted molar refractivity (Wildman–Crippen MR) is 87.6 cm³/mol. The van der Waals surface area contributed by atoms with Crippen LogP contribution in [0.3, 0.4) is 0 Å². The molecular formula is C16H16N4O2S. The molecule has 2 heterocycles. The number of carbonyl (C=O) groups excluding carboxylic acids is 1. The number of allylic oxidation sites excluding steroid dienone is 2. The minimum atomic E-state index is -0.427. The summed E-state index contributed by atoms with van der Waals surface area (Å²) in [6.07, 6.45) is 4.09. The van der Waals surface area contributed by atoms with Gasteiger partial charge in [0.25, 0.3) is 0 Å². The van der Waals surface area contributed by atoms with E-state index in [9.17, 15) is 9.90 Å². The lowest BCUT2D eigenvalue weighted by molar-refractivity contribution is -0.116. The first-order valence-electron chi connectivity index (χ1n) is 7.50. The van der Waals surface area contributed by atoms with Crippen molar-refractivity contribution >= 4 is 23.5 Å². The van der Waals surface area contributed by atoms with Crippen molar-refractivity contribution in [3.05, 3.63) is 41.1 Å². The molecule has 0 bridgehead atoms. The molecule has 1 aromatic carbocycles. The quantitative estimate of drug-likeness (QED) is 0.825. The largest absolute Gasteiger partial charge is 0.508 e. The number of Topliss-reactive ketones (excluding diaryl/α,β-unsaturated/α-hetero) is 1. The molecule has 6 nitrogen and oxygen atoms in total. The third-order valence-corrected chi connectivity index (χ3v) is 4.80. The van der Waals surface area contributed by atoms with Gasteiger partial charge in [-0.2, -0.15) is 4.98 Å². The molecule has 0 radical (unpaired) electrons. The fourth-order valence-electron chi connectivity index (χ4n) is 3.23. The second-order valence-corrected chi connectivity index (χ2v) is 6.40. The fraction of sp³-hybridized carbons (Fsp3) is 0.312. The minimum Gasteiger partial charge on any atom is -0.508 e. The van der Waals surface area contributed by atoms with Crippen molar-refractivity contribution in [2.24, 2.45) is 0 Å². The number of phenols is 1. The van der Waals surface area contributed by atoms with Crippen molar-refractivity contribution in [2.75, 3.05) is 11.6 Å². The van der Waals surface area contributed by atoms with Gasteiger partial charge in [0.05, 0.1) is 0 Å². The third-order valence-electron chi connectivity index (χ3n) is 4.26. The van der Waals surface area contributed by atoms with Crippen LogP contribution in [0.5, 0.6) is 5.75 Å². The second-order valence-electron chi connectivity index (χ2n) is 5.62. The Hall–Kier alpha value is -2.28. The van der Waals surface area contributed by atoms with Gasteiger partial charge in [0.15, 0.2) is 5.78 Å². The topological polar surface area (TPSA) is 80.0 Å². The van der Waals surface area contributed by atoms with Gasteiger partial charge in [-0.15, -0.1) is 5.10 Å². The number of phenolic OH excluding ortho intramolecular Hbond substituents is 1. The molecule has 4 rings (SSSR count). The van der Waals surface area contributed by atoms with Crippen LogP contribution in [-0.4, -0.2) is 31.9 Å². The van der Waals surface area contributed by atoms with Crippen LogP contribution >= 0.6 is 11.8 Å². The molecule has 1 aliphatic carbocycles. The first-order valence-corrected chi connectivity index (χ1v) is 8.73. The molecule has 0 fully saturated rings. The van der Waals surface area contributed by atoms with Gasteiger partial charge in [0.1, 0.15) is 11.8 Å². The lowest BCUT2D eigenvalue weighted by Crippen LogP contribution is -2.31. The lowest BCUT2D eigenvalue weighted by atomic mass is 9.85. The molecule has 0 amide bonds. The normalized spacial score (nSPS) is 20.0. The van der Waals surface area contributed by atoms with E-state index < -0.39 is 6.04 Å². The SMILES string of the molecule is CSc1nc2n(n1)C(c1ccccc1O)C1=C(CCCC1=O)N2. The molecule has 7 heteroatoms. The Morgan fingerprint density at radius 1 is 1.35 bits per heavy atom. The summed E-state index contributed by atoms with van der Waals surface area (Å²) in [4.78, 5) is 17.0. The third kappa shape index (κ3) is 2.23. The number of ketones is 1. The van der Waals surface area contributed by atoms with Crippen LogP contribution in [0.1, 0.15) is 30.9 Å². The molecular weight excluding hydrogens is 312 g/mol. The highest BCUT2D eigenvalue weighted by Gasteiger charge is 2.37. The van der Waals surface area contributed by atoms with Gasteiger partial charge in [-0.25, -0.2) is 4.68 Å². The van der Waals surface area contributed by atoms with E-state index in [0.29, 0.717) is 28.7 Å². The first kappa shape index (κ1) is 14.3. The molecule has 23 heavy (non-hydrogen) atoms. The zero-order valence-electron chi connectivity index (χ0n) is 12.6. The summed E-state index contributed by atoms with van der Waals surface area (Å²) >= 11 is 1.45. The van der Waals surface area contributed by atoms with Gasteiger partial charge in [0.2, 0.25) is 11.1 Å². The van der Waals surface area contributed by atoms with E-state index in [-0.39, 0.29) is 11.5 Å². The average molecular weight is 328 g/mol. The van der Waals surface area contributed by atoms with Crippen LogP contribution < -0.4 is 5.32 Å². The number of nitrogens with one attached hydrogen (secondary N) is 1. The summed E-state index contributed by atoms with van der Waals surface area (Å²) in [7, 11) is 0. The number of para-hydroxylation sites is 1. The maximum absolute atomic E-state index is 12.6. The maximum atomic E-state index is 12.6. The summed E-state index contributed by atoms with van der Waals surface area (Å²) in [6, 6.07) is 6.67. The molecule has 1 unspecified atom stereocenters. The van der Waals surface area contributed by atoms with E-state index >= 15 is 0 Å². The van der Waals surface area contributed by atoms with Crippen molar-refractivity contribution in [3.8, 4) is 5.75 Å². The van der Waals surface area contributed by atoms with E-state index in [0.717, 1.165) is 18.5 Å². The van der Waals surface area contributed by atoms with Crippen LogP contribution in [0.15, 0.2) is 40.7 Å². The van der Waals surface area contributed by atoms with Crippen molar-refractivity contribution in [3.63, 3.8) is 0 Å². The molecule has 118 valence electrons. The first-order chi connectivity index (χ1) is 11.2. The van der Waals surface area contributed by atoms with Crippen LogP contribution in [0.4, 0.5) is 5.95 Å². The Morgan fingerprint density at radius 3 is 2.96 bits per heavy atom. The highest BCUT2D eigenvalue weighted by molar-refractivity contribution is 7.98. The zero-order valence-corrected chi connectivity index (χ0v) is 13.4. The predicted octanol–water partition coefficient (Wildman–Crippen LogP) is 2.73. The number of aromatic nitrogens is 3. The van der Waals surface area contributed by atoms with Crippen molar-refractivity contribution in [1.82, 2.24) is 14.8 Å². The molecule has 2 N–H and O–H groups in total. The molecule has 2 aliphatic rings. The number of hydrogen-bond acceptors (Lipinski definition) is 6. The number of rotatable bonds is 2. The molecule has 0 saturated carbocycles. The van der Waals surface area contributed by atoms with Crippen LogP contribution in [0.2, 0.25) is 0 Å². The highest BCUT2D eigenvalue weighted by atomic mass is 32.2. The Balaban J connectivity index is 1.95. The molecule has 2 aromatic rings. The average Bonchev–Trinajstić information content (AvgIpc) is 2.97. The number of nitrogens with zero attached hydrogens (tertiary/aromatic N) is 3. The smallest absolute Gasteiger partial charge is 0.227 e. The molecule has 0 saturated heterocycles. The highest BCUT2D eigenvalue weighted by Crippen LogP contribution is 2.42. The summed E-state index contributed by atoms with van der Waals surface area (Å²) in [6.45, 7) is 0. The zero-order chi connectivity index (χ0) is 16.0. The fourth-order valence-corrected chi connectivity index (χ4v) is 3.58. The minimum absolute atomic E-state index is 0.110. The van der Waals surface area contributed by atoms with Crippen molar-refractivity contribution in [2.45, 2.75) is 30.5 Å². The molecule has 1 aromatic heterocycles. The lowest BCUT2D eigenvalue weighted by Gasteiger charge is -2.32. The van der Waals surface area contributed by atoms with E-state index in [2.05, 4.69) is 15.4 Å². The Bertz CT molecular complexity index is 827. The van der Waals surface area contributed by atoms with E-state index in [1.807, 2.05) is 18.4 Å². The van der Waals surface area contributed by atoms with E-state index in [4.69, 9.17) is 0 Å². The van der Waals surface area contributed by atoms with Gasteiger partial charge < -0.3 is 10.4 Å². The summed E-state index contributed by atoms with van der Waals surface area (Å²) in [5.41, 5.74) is 2.28. The van der Waals surface area contributed by atoms with Gasteiger partial charge in [-0.1, -0.05) is 30.0 Å². The second kappa shape index (κ2) is 5.42. The molecule has 1 aliphatic heterocycles. The summed E-state index contributed by atoms with van der Waals surface area (Å²) in [5, 5.41) is 18.7. The van der Waals surface area contributed by atoms with Crippen LogP contribution in [0, 0.1) is 0 Å². The van der Waals surface area contributed by atoms with Crippen LogP contribution in [0.25, 0.3) is 0 Å². The molecule has 1 atom stereocenters. The Labute approximate surface area is 137 Å². The van der Waals surface area contributed by atoms with E-state index in [1.165, 1.54) is 11.8 Å². The summed E-state index contributed by atoms with van der Waals surface area (Å²) < 4.78 is 1.71.